The summed E-state index contributed by atoms with van der Waals surface area (Å²) in [6, 6.07) is 14.5. The molecule has 4 aromatic rings. The van der Waals surface area contributed by atoms with E-state index >= 15 is 0 Å². The number of aromatic amines is 1. The number of carbonyl (C=O) groups is 2. The molecule has 2 aromatic carbocycles. The minimum absolute atomic E-state index is 0.0452. The number of H-pyrrole nitrogens is 1. The number of hydrogen-bond acceptors (Lipinski definition) is 4. The molecule has 0 unspecified atom stereocenters. The lowest BCUT2D eigenvalue weighted by atomic mass is 10.0. The van der Waals surface area contributed by atoms with Crippen molar-refractivity contribution < 1.29 is 14.0 Å². The Hall–Kier alpha value is -3.67. The second-order valence-corrected chi connectivity index (χ2v) is 6.58. The van der Waals surface area contributed by atoms with Crippen LogP contribution in [0.25, 0.3) is 22.4 Å². The number of aromatic nitrogens is 2. The van der Waals surface area contributed by atoms with E-state index in [2.05, 4.69) is 15.3 Å². The maximum absolute atomic E-state index is 12.7. The summed E-state index contributed by atoms with van der Waals surface area (Å²) in [5, 5.41) is 2.58. The molecule has 6 heteroatoms. The summed E-state index contributed by atoms with van der Waals surface area (Å²) < 4.78 is 5.64. The summed E-state index contributed by atoms with van der Waals surface area (Å²) in [4.78, 5) is 32.6. The van der Waals surface area contributed by atoms with Crippen LogP contribution >= 0.6 is 0 Å². The van der Waals surface area contributed by atoms with E-state index < -0.39 is 0 Å². The third-order valence-electron chi connectivity index (χ3n) is 4.77. The molecule has 4 rings (SSSR count). The van der Waals surface area contributed by atoms with Crippen molar-refractivity contribution in [2.45, 2.75) is 13.8 Å². The first kappa shape index (κ1) is 17.7. The van der Waals surface area contributed by atoms with E-state index in [0.29, 0.717) is 22.7 Å². The van der Waals surface area contributed by atoms with Crippen molar-refractivity contribution in [3.8, 4) is 11.4 Å². The minimum atomic E-state index is -0.279. The van der Waals surface area contributed by atoms with Gasteiger partial charge in [-0.2, -0.15) is 0 Å². The molecule has 0 saturated carbocycles. The topological polar surface area (TPSA) is 88.0 Å². The number of nitrogens with one attached hydrogen (secondary N) is 2. The molecule has 0 saturated heterocycles. The third-order valence-corrected chi connectivity index (χ3v) is 4.77. The van der Waals surface area contributed by atoms with Gasteiger partial charge in [0.25, 0.3) is 5.91 Å². The van der Waals surface area contributed by atoms with Gasteiger partial charge in [-0.05, 0) is 32.0 Å². The van der Waals surface area contributed by atoms with Gasteiger partial charge in [-0.25, -0.2) is 4.98 Å². The van der Waals surface area contributed by atoms with Crippen molar-refractivity contribution in [2.24, 2.45) is 0 Å². The smallest absolute Gasteiger partial charge is 0.287 e. The van der Waals surface area contributed by atoms with Crippen LogP contribution in [0.3, 0.4) is 0 Å². The first-order valence-electron chi connectivity index (χ1n) is 8.91. The maximum Gasteiger partial charge on any atom is 0.287 e. The summed E-state index contributed by atoms with van der Waals surface area (Å²) >= 11 is 0. The summed E-state index contributed by atoms with van der Waals surface area (Å²) in [5.74, 6) is 1.16. The molecular weight excluding hydrogens is 354 g/mol. The molecule has 1 amide bonds. The second-order valence-electron chi connectivity index (χ2n) is 6.58. The Balaban J connectivity index is 1.77. The summed E-state index contributed by atoms with van der Waals surface area (Å²) in [6.45, 7) is 3.63. The van der Waals surface area contributed by atoms with Crippen LogP contribution in [0.4, 0.5) is 0 Å². The number of amides is 1. The molecule has 0 aliphatic carbocycles. The van der Waals surface area contributed by atoms with Crippen LogP contribution in [0.1, 0.15) is 37.8 Å². The average Bonchev–Trinajstić information content (AvgIpc) is 3.26. The molecule has 0 spiro atoms. The van der Waals surface area contributed by atoms with E-state index in [0.717, 1.165) is 22.2 Å². The van der Waals surface area contributed by atoms with Crippen molar-refractivity contribution in [1.82, 2.24) is 15.3 Å². The standard InChI is InChI=1S/C22H19N3O3/c1-12-18(13(2)28-20(12)22(27)23-3)21-24-16-10-9-15(11-17(16)25-21)19(26)14-7-5-4-6-8-14/h4-11H,1-3H3,(H,23,27)(H,24,25). The van der Waals surface area contributed by atoms with E-state index in [-0.39, 0.29) is 17.5 Å². The number of fused-ring (bicyclic) bond motifs is 1. The lowest BCUT2D eigenvalue weighted by molar-refractivity contribution is 0.0933. The number of imidazole rings is 1. The Morgan fingerprint density at radius 1 is 1.04 bits per heavy atom. The second kappa shape index (κ2) is 6.81. The van der Waals surface area contributed by atoms with Gasteiger partial charge in [0.1, 0.15) is 11.6 Å². The zero-order chi connectivity index (χ0) is 19.8. The third kappa shape index (κ3) is 2.89. The highest BCUT2D eigenvalue weighted by molar-refractivity contribution is 6.10. The fourth-order valence-corrected chi connectivity index (χ4v) is 3.36. The van der Waals surface area contributed by atoms with Gasteiger partial charge in [-0.15, -0.1) is 0 Å². The highest BCUT2D eigenvalue weighted by Gasteiger charge is 2.22. The SMILES string of the molecule is CNC(=O)c1oc(C)c(-c2nc3ccc(C(=O)c4ccccc4)cc3[nH]2)c1C. The number of ketones is 1. The highest BCUT2D eigenvalue weighted by atomic mass is 16.4. The Morgan fingerprint density at radius 3 is 2.50 bits per heavy atom. The lowest BCUT2D eigenvalue weighted by Crippen LogP contribution is -2.17. The molecule has 0 aliphatic heterocycles. The monoisotopic (exact) mass is 373 g/mol. The number of carbonyl (C=O) groups excluding carboxylic acids is 2. The number of rotatable bonds is 4. The summed E-state index contributed by atoms with van der Waals surface area (Å²) in [5.41, 5.74) is 4.18. The van der Waals surface area contributed by atoms with Gasteiger partial charge >= 0.3 is 0 Å². The van der Waals surface area contributed by atoms with E-state index in [1.165, 1.54) is 0 Å². The van der Waals surface area contributed by atoms with Crippen molar-refractivity contribution in [3.05, 3.63) is 76.7 Å². The molecule has 28 heavy (non-hydrogen) atoms. The molecule has 140 valence electrons. The number of hydrogen-bond donors (Lipinski definition) is 2. The summed E-state index contributed by atoms with van der Waals surface area (Å²) in [6.07, 6.45) is 0. The number of benzene rings is 2. The first-order valence-corrected chi connectivity index (χ1v) is 8.91. The predicted octanol–water partition coefficient (Wildman–Crippen LogP) is 4.03. The zero-order valence-electron chi connectivity index (χ0n) is 15.8. The van der Waals surface area contributed by atoms with E-state index in [9.17, 15) is 9.59 Å². The molecule has 0 radical (unpaired) electrons. The van der Waals surface area contributed by atoms with Crippen LogP contribution in [0, 0.1) is 13.8 Å². The number of aryl methyl sites for hydroxylation is 1. The molecule has 6 nitrogen and oxygen atoms in total. The van der Waals surface area contributed by atoms with Crippen molar-refractivity contribution in [2.75, 3.05) is 7.05 Å². The van der Waals surface area contributed by atoms with Crippen LogP contribution in [-0.4, -0.2) is 28.7 Å². The molecular formula is C22H19N3O3. The van der Waals surface area contributed by atoms with Gasteiger partial charge in [-0.1, -0.05) is 30.3 Å². The number of furan rings is 1. The first-order chi connectivity index (χ1) is 13.5. The van der Waals surface area contributed by atoms with E-state index in [1.807, 2.05) is 31.2 Å². The zero-order valence-corrected chi connectivity index (χ0v) is 15.8. The maximum atomic E-state index is 12.7. The van der Waals surface area contributed by atoms with E-state index in [4.69, 9.17) is 4.42 Å². The van der Waals surface area contributed by atoms with Gasteiger partial charge in [0, 0.05) is 23.7 Å². The Kier molecular flexibility index (Phi) is 4.31. The van der Waals surface area contributed by atoms with E-state index in [1.54, 1.807) is 38.2 Å². The van der Waals surface area contributed by atoms with Crippen LogP contribution in [0.5, 0.6) is 0 Å². The van der Waals surface area contributed by atoms with Crippen molar-refractivity contribution in [1.29, 1.82) is 0 Å². The molecule has 2 heterocycles. The van der Waals surface area contributed by atoms with Crippen LogP contribution in [0.15, 0.2) is 52.9 Å². The molecule has 2 aromatic heterocycles. The Labute approximate surface area is 161 Å². The van der Waals surface area contributed by atoms with Gasteiger partial charge in [0.2, 0.25) is 0 Å². The molecule has 0 bridgehead atoms. The predicted molar refractivity (Wildman–Crippen MR) is 107 cm³/mol. The van der Waals surface area contributed by atoms with Gasteiger partial charge < -0.3 is 14.7 Å². The molecule has 0 aliphatic rings. The Morgan fingerprint density at radius 2 is 1.79 bits per heavy atom. The summed E-state index contributed by atoms with van der Waals surface area (Å²) in [7, 11) is 1.56. The lowest BCUT2D eigenvalue weighted by Gasteiger charge is -2.00. The number of nitrogens with zero attached hydrogens (tertiary/aromatic N) is 1. The molecule has 2 N–H and O–H groups in total. The highest BCUT2D eigenvalue weighted by Crippen LogP contribution is 2.31. The van der Waals surface area contributed by atoms with Gasteiger partial charge in [0.05, 0.1) is 16.6 Å². The fourth-order valence-electron chi connectivity index (χ4n) is 3.36. The largest absolute Gasteiger partial charge is 0.455 e. The van der Waals surface area contributed by atoms with Crippen molar-refractivity contribution >= 4 is 22.7 Å². The van der Waals surface area contributed by atoms with Crippen LogP contribution in [0.2, 0.25) is 0 Å². The minimum Gasteiger partial charge on any atom is -0.455 e. The van der Waals surface area contributed by atoms with Crippen LogP contribution < -0.4 is 5.32 Å². The fraction of sp³-hybridized carbons (Fsp3) is 0.136. The molecule has 0 fully saturated rings. The molecule has 0 atom stereocenters. The normalized spacial score (nSPS) is 11.0. The Bertz CT molecular complexity index is 1200. The van der Waals surface area contributed by atoms with Gasteiger partial charge in [0.15, 0.2) is 11.5 Å². The van der Waals surface area contributed by atoms with Crippen LogP contribution in [-0.2, 0) is 0 Å². The van der Waals surface area contributed by atoms with Gasteiger partial charge in [-0.3, -0.25) is 9.59 Å². The van der Waals surface area contributed by atoms with Crippen molar-refractivity contribution in [3.63, 3.8) is 0 Å². The quantitative estimate of drug-likeness (QED) is 0.529. The average molecular weight is 373 g/mol.